The van der Waals surface area contributed by atoms with Gasteiger partial charge in [0.1, 0.15) is 11.6 Å². The maximum Gasteiger partial charge on any atom is 0.303 e. The molecule has 0 radical (unpaired) electrons. The third kappa shape index (κ3) is 5.67. The number of nitrogens with one attached hydrogen (secondary N) is 1. The van der Waals surface area contributed by atoms with E-state index >= 15 is 0 Å². The van der Waals surface area contributed by atoms with Crippen LogP contribution in [0.3, 0.4) is 0 Å². The lowest BCUT2D eigenvalue weighted by Gasteiger charge is -2.35. The molecule has 31 heavy (non-hydrogen) atoms. The lowest BCUT2D eigenvalue weighted by molar-refractivity contribution is -0.138. The van der Waals surface area contributed by atoms with Gasteiger partial charge < -0.3 is 25.0 Å². The molecule has 2 aliphatic heterocycles. The van der Waals surface area contributed by atoms with Gasteiger partial charge in [-0.1, -0.05) is 19.3 Å². The first-order chi connectivity index (χ1) is 15.1. The van der Waals surface area contributed by atoms with E-state index in [1.807, 2.05) is 12.1 Å². The number of pyridine rings is 1. The molecule has 1 amide bonds. The van der Waals surface area contributed by atoms with E-state index in [9.17, 15) is 14.7 Å². The highest BCUT2D eigenvalue weighted by Gasteiger charge is 2.27. The Balaban J connectivity index is 1.55. The van der Waals surface area contributed by atoms with Gasteiger partial charge in [0.15, 0.2) is 0 Å². The number of aromatic nitrogens is 1. The van der Waals surface area contributed by atoms with Crippen LogP contribution in [-0.4, -0.2) is 67.4 Å². The van der Waals surface area contributed by atoms with E-state index in [0.717, 1.165) is 43.9 Å². The van der Waals surface area contributed by atoms with Crippen molar-refractivity contribution in [2.45, 2.75) is 57.4 Å². The first kappa shape index (κ1) is 21.9. The number of amides is 1. The summed E-state index contributed by atoms with van der Waals surface area (Å²) in [5, 5.41) is 12.4. The first-order valence-corrected chi connectivity index (χ1v) is 11.7. The molecule has 2 saturated heterocycles. The van der Waals surface area contributed by atoms with Crippen LogP contribution < -0.4 is 15.1 Å². The normalized spacial score (nSPS) is 22.9. The fraction of sp³-hybridized carbons (Fsp3) is 0.696. The van der Waals surface area contributed by atoms with Gasteiger partial charge in [-0.3, -0.25) is 9.59 Å². The van der Waals surface area contributed by atoms with Crippen molar-refractivity contribution in [3.63, 3.8) is 0 Å². The average molecular weight is 431 g/mol. The topological polar surface area (TPSA) is 95.0 Å². The van der Waals surface area contributed by atoms with Crippen LogP contribution in [0.4, 0.5) is 11.6 Å². The Bertz CT molecular complexity index is 775. The number of carbonyl (C=O) groups is 2. The summed E-state index contributed by atoms with van der Waals surface area (Å²) in [4.78, 5) is 33.6. The van der Waals surface area contributed by atoms with Crippen LogP contribution >= 0.6 is 0 Å². The molecule has 0 unspecified atom stereocenters. The van der Waals surface area contributed by atoms with Gasteiger partial charge >= 0.3 is 5.97 Å². The third-order valence-electron chi connectivity index (χ3n) is 6.66. The number of nitrogens with zero attached hydrogens (tertiary/aromatic N) is 3. The van der Waals surface area contributed by atoms with Crippen molar-refractivity contribution in [2.75, 3.05) is 49.2 Å². The molecule has 3 heterocycles. The standard InChI is InChI=1S/C23H34N4O4/c28-21(29)15-17-5-4-10-27(16-17)20-9-8-19(22(25-20)26-11-13-31-14-12-26)23(30)24-18-6-2-1-3-7-18/h8-9,17-18H,1-7,10-16H2,(H,24,30)(H,28,29)/t17-/m0/s1. The number of carboxylic acids is 1. The molecule has 1 saturated carbocycles. The van der Waals surface area contributed by atoms with Crippen LogP contribution in [0.2, 0.25) is 0 Å². The van der Waals surface area contributed by atoms with Gasteiger partial charge in [-0.15, -0.1) is 0 Å². The highest BCUT2D eigenvalue weighted by atomic mass is 16.5. The van der Waals surface area contributed by atoms with Gasteiger partial charge in [-0.05, 0) is 43.7 Å². The highest BCUT2D eigenvalue weighted by Crippen LogP contribution is 2.28. The third-order valence-corrected chi connectivity index (χ3v) is 6.66. The van der Waals surface area contributed by atoms with Gasteiger partial charge in [0.25, 0.3) is 5.91 Å². The molecule has 8 nitrogen and oxygen atoms in total. The van der Waals surface area contributed by atoms with Gasteiger partial charge in [-0.2, -0.15) is 0 Å². The second kappa shape index (κ2) is 10.3. The van der Waals surface area contributed by atoms with Crippen LogP contribution in [0, 0.1) is 5.92 Å². The predicted octanol–water partition coefficient (Wildman–Crippen LogP) is 2.67. The molecule has 1 aromatic rings. The summed E-state index contributed by atoms with van der Waals surface area (Å²) >= 11 is 0. The molecule has 4 rings (SSSR count). The van der Waals surface area contributed by atoms with Crippen LogP contribution in [0.1, 0.15) is 61.7 Å². The van der Waals surface area contributed by atoms with E-state index in [1.54, 1.807) is 0 Å². The van der Waals surface area contributed by atoms with Gasteiger partial charge in [0.2, 0.25) is 0 Å². The zero-order valence-corrected chi connectivity index (χ0v) is 18.2. The zero-order chi connectivity index (χ0) is 21.6. The Morgan fingerprint density at radius 1 is 1.03 bits per heavy atom. The Hall–Kier alpha value is -2.35. The molecule has 0 spiro atoms. The Morgan fingerprint density at radius 3 is 2.55 bits per heavy atom. The van der Waals surface area contributed by atoms with Gasteiger partial charge in [0.05, 0.1) is 18.8 Å². The smallest absolute Gasteiger partial charge is 0.303 e. The van der Waals surface area contributed by atoms with Gasteiger partial charge in [0, 0.05) is 38.6 Å². The Labute approximate surface area is 184 Å². The molecular weight excluding hydrogens is 396 g/mol. The molecule has 0 bridgehead atoms. The van der Waals surface area contributed by atoms with Crippen LogP contribution in [0.5, 0.6) is 0 Å². The number of morpholine rings is 1. The van der Waals surface area contributed by atoms with E-state index in [-0.39, 0.29) is 24.3 Å². The fourth-order valence-electron chi connectivity index (χ4n) is 5.00. The minimum atomic E-state index is -0.747. The number of carbonyl (C=O) groups excluding carboxylic acids is 1. The van der Waals surface area contributed by atoms with E-state index in [2.05, 4.69) is 15.1 Å². The summed E-state index contributed by atoms with van der Waals surface area (Å²) in [6.07, 6.45) is 7.76. The minimum absolute atomic E-state index is 0.0464. The summed E-state index contributed by atoms with van der Waals surface area (Å²) in [6, 6.07) is 4.06. The summed E-state index contributed by atoms with van der Waals surface area (Å²) in [5.74, 6) is 0.882. The SMILES string of the molecule is O=C(O)C[C@@H]1CCCN(c2ccc(C(=O)NC3CCCCC3)c(N3CCOCC3)n2)C1. The quantitative estimate of drug-likeness (QED) is 0.716. The molecule has 1 aromatic heterocycles. The maximum atomic E-state index is 13.1. The van der Waals surface area contributed by atoms with E-state index in [0.29, 0.717) is 38.4 Å². The van der Waals surface area contributed by atoms with Crippen molar-refractivity contribution in [3.8, 4) is 0 Å². The van der Waals surface area contributed by atoms with Crippen molar-refractivity contribution >= 4 is 23.5 Å². The number of ether oxygens (including phenoxy) is 1. The number of rotatable bonds is 6. The van der Waals surface area contributed by atoms with E-state index < -0.39 is 5.97 Å². The van der Waals surface area contributed by atoms with Crippen LogP contribution in [-0.2, 0) is 9.53 Å². The molecule has 2 N–H and O–H groups in total. The number of aliphatic carboxylic acids is 1. The Morgan fingerprint density at radius 2 is 1.81 bits per heavy atom. The second-order valence-electron chi connectivity index (χ2n) is 9.00. The monoisotopic (exact) mass is 430 g/mol. The van der Waals surface area contributed by atoms with Crippen LogP contribution in [0.15, 0.2) is 12.1 Å². The lowest BCUT2D eigenvalue weighted by atomic mass is 9.95. The van der Waals surface area contributed by atoms with Crippen molar-refractivity contribution in [3.05, 3.63) is 17.7 Å². The molecule has 1 atom stereocenters. The van der Waals surface area contributed by atoms with Gasteiger partial charge in [-0.25, -0.2) is 4.98 Å². The molecule has 3 aliphatic rings. The lowest BCUT2D eigenvalue weighted by Crippen LogP contribution is -2.41. The van der Waals surface area contributed by atoms with Crippen molar-refractivity contribution in [1.29, 1.82) is 0 Å². The summed E-state index contributed by atoms with van der Waals surface area (Å²) in [7, 11) is 0. The van der Waals surface area contributed by atoms with Crippen LogP contribution in [0.25, 0.3) is 0 Å². The summed E-state index contributed by atoms with van der Waals surface area (Å²) in [5.41, 5.74) is 0.621. The number of hydrogen-bond donors (Lipinski definition) is 2. The number of carboxylic acid groups (broad SMARTS) is 1. The number of anilines is 2. The predicted molar refractivity (Wildman–Crippen MR) is 119 cm³/mol. The largest absolute Gasteiger partial charge is 0.481 e. The molecule has 8 heteroatoms. The summed E-state index contributed by atoms with van der Waals surface area (Å²) < 4.78 is 5.50. The molecule has 170 valence electrons. The summed E-state index contributed by atoms with van der Waals surface area (Å²) in [6.45, 7) is 4.22. The van der Waals surface area contributed by atoms with Crippen molar-refractivity contribution in [2.24, 2.45) is 5.92 Å². The first-order valence-electron chi connectivity index (χ1n) is 11.7. The van der Waals surface area contributed by atoms with Crippen molar-refractivity contribution < 1.29 is 19.4 Å². The fourth-order valence-corrected chi connectivity index (χ4v) is 5.00. The molecule has 0 aromatic carbocycles. The maximum absolute atomic E-state index is 13.1. The number of piperidine rings is 1. The van der Waals surface area contributed by atoms with E-state index in [1.165, 1.54) is 19.3 Å². The average Bonchev–Trinajstić information content (AvgIpc) is 2.80. The van der Waals surface area contributed by atoms with E-state index in [4.69, 9.17) is 9.72 Å². The zero-order valence-electron chi connectivity index (χ0n) is 18.2. The highest BCUT2D eigenvalue weighted by molar-refractivity contribution is 5.99. The molecular formula is C23H34N4O4. The molecule has 1 aliphatic carbocycles. The van der Waals surface area contributed by atoms with Crippen molar-refractivity contribution in [1.82, 2.24) is 10.3 Å². The molecule has 3 fully saturated rings. The Kier molecular flexibility index (Phi) is 7.27. The second-order valence-corrected chi connectivity index (χ2v) is 9.00. The number of hydrogen-bond acceptors (Lipinski definition) is 6. The minimum Gasteiger partial charge on any atom is -0.481 e.